The molecular formula is C16H16FNO2S. The van der Waals surface area contributed by atoms with Gasteiger partial charge in [-0.1, -0.05) is 29.8 Å². The summed E-state index contributed by atoms with van der Waals surface area (Å²) >= 11 is 0. The quantitative estimate of drug-likeness (QED) is 0.947. The van der Waals surface area contributed by atoms with E-state index in [0.717, 1.165) is 11.1 Å². The van der Waals surface area contributed by atoms with Crippen molar-refractivity contribution in [3.8, 4) is 0 Å². The minimum Gasteiger partial charge on any atom is -0.326 e. The molecule has 3 nitrogen and oxygen atoms in total. The molecule has 1 fully saturated rings. The first-order valence-electron chi connectivity index (χ1n) is 6.73. The fraction of sp³-hybridized carbons (Fsp3) is 0.250. The van der Waals surface area contributed by atoms with Crippen molar-refractivity contribution in [3.63, 3.8) is 0 Å². The van der Waals surface area contributed by atoms with Gasteiger partial charge in [-0.15, -0.1) is 0 Å². The number of aryl methyl sites for hydroxylation is 1. The van der Waals surface area contributed by atoms with Gasteiger partial charge in [-0.05, 0) is 36.8 Å². The summed E-state index contributed by atoms with van der Waals surface area (Å²) in [6.07, 6.45) is 0. The minimum absolute atomic E-state index is 0.267. The maximum Gasteiger partial charge on any atom is 0.183 e. The summed E-state index contributed by atoms with van der Waals surface area (Å²) < 4.78 is 38.2. The van der Waals surface area contributed by atoms with E-state index in [-0.39, 0.29) is 16.6 Å². The van der Waals surface area contributed by atoms with E-state index >= 15 is 0 Å². The zero-order valence-electron chi connectivity index (χ0n) is 11.5. The fourth-order valence-electron chi connectivity index (χ4n) is 2.69. The van der Waals surface area contributed by atoms with Crippen LogP contribution in [0.25, 0.3) is 0 Å². The summed E-state index contributed by atoms with van der Waals surface area (Å²) in [6.45, 7) is 1.90. The van der Waals surface area contributed by atoms with Gasteiger partial charge in [0.05, 0.1) is 10.1 Å². The Labute approximate surface area is 123 Å². The van der Waals surface area contributed by atoms with Crippen molar-refractivity contribution in [2.45, 2.75) is 29.0 Å². The predicted molar refractivity (Wildman–Crippen MR) is 79.3 cm³/mol. The van der Waals surface area contributed by atoms with Gasteiger partial charge in [0.2, 0.25) is 0 Å². The van der Waals surface area contributed by atoms with Gasteiger partial charge in [0.15, 0.2) is 9.84 Å². The van der Waals surface area contributed by atoms with Gasteiger partial charge in [0, 0.05) is 12.0 Å². The first kappa shape index (κ1) is 14.2. The number of nitrogens with two attached hydrogens (primary N) is 1. The Morgan fingerprint density at radius 2 is 1.57 bits per heavy atom. The van der Waals surface area contributed by atoms with Gasteiger partial charge in [-0.3, -0.25) is 0 Å². The molecule has 21 heavy (non-hydrogen) atoms. The highest BCUT2D eigenvalue weighted by Gasteiger charge is 2.57. The number of rotatable bonds is 3. The van der Waals surface area contributed by atoms with Gasteiger partial charge in [0.25, 0.3) is 0 Å². The standard InChI is InChI=1S/C16H16FNO2S/c1-10-2-8-13(9-3-10)21(19,20)16-14(15(16)18)11-4-6-12(17)7-5-11/h2-9,14-16H,18H2,1H3/t14-,15-,16+/m1/s1. The van der Waals surface area contributed by atoms with Crippen molar-refractivity contribution < 1.29 is 12.8 Å². The van der Waals surface area contributed by atoms with Crippen molar-refractivity contribution in [3.05, 3.63) is 65.5 Å². The van der Waals surface area contributed by atoms with E-state index in [1.807, 2.05) is 6.92 Å². The summed E-state index contributed by atoms with van der Waals surface area (Å²) in [7, 11) is -3.46. The molecule has 0 saturated heterocycles. The minimum atomic E-state index is -3.46. The zero-order valence-corrected chi connectivity index (χ0v) is 12.3. The third-order valence-corrected chi connectivity index (χ3v) is 6.22. The Morgan fingerprint density at radius 1 is 1.00 bits per heavy atom. The van der Waals surface area contributed by atoms with Crippen LogP contribution in [0.2, 0.25) is 0 Å². The number of benzene rings is 2. The van der Waals surface area contributed by atoms with Crippen LogP contribution in [-0.2, 0) is 9.84 Å². The lowest BCUT2D eigenvalue weighted by atomic mass is 10.1. The smallest absolute Gasteiger partial charge is 0.183 e. The Morgan fingerprint density at radius 3 is 2.14 bits per heavy atom. The molecule has 0 aromatic heterocycles. The Kier molecular flexibility index (Phi) is 3.34. The molecule has 0 unspecified atom stereocenters. The second-order valence-electron chi connectivity index (χ2n) is 5.48. The van der Waals surface area contributed by atoms with Crippen LogP contribution in [0, 0.1) is 12.7 Å². The van der Waals surface area contributed by atoms with Crippen molar-refractivity contribution in [1.29, 1.82) is 0 Å². The molecule has 0 amide bonds. The van der Waals surface area contributed by atoms with Gasteiger partial charge >= 0.3 is 0 Å². The van der Waals surface area contributed by atoms with Gasteiger partial charge < -0.3 is 5.73 Å². The van der Waals surface area contributed by atoms with Gasteiger partial charge in [0.1, 0.15) is 5.82 Å². The van der Waals surface area contributed by atoms with Crippen molar-refractivity contribution >= 4 is 9.84 Å². The maximum atomic E-state index is 13.0. The molecule has 0 heterocycles. The van der Waals surface area contributed by atoms with E-state index in [0.29, 0.717) is 0 Å². The molecule has 3 atom stereocenters. The lowest BCUT2D eigenvalue weighted by molar-refractivity contribution is 0.593. The van der Waals surface area contributed by atoms with Crippen molar-refractivity contribution in [2.24, 2.45) is 5.73 Å². The second-order valence-corrected chi connectivity index (χ2v) is 7.58. The largest absolute Gasteiger partial charge is 0.326 e. The monoisotopic (exact) mass is 305 g/mol. The van der Waals surface area contributed by atoms with Crippen LogP contribution < -0.4 is 5.73 Å². The molecule has 5 heteroatoms. The van der Waals surface area contributed by atoms with Crippen LogP contribution in [0.15, 0.2) is 53.4 Å². The topological polar surface area (TPSA) is 60.2 Å². The highest BCUT2D eigenvalue weighted by molar-refractivity contribution is 7.92. The van der Waals surface area contributed by atoms with E-state index in [1.165, 1.54) is 12.1 Å². The van der Waals surface area contributed by atoms with E-state index in [2.05, 4.69) is 0 Å². The second kappa shape index (κ2) is 4.93. The summed E-state index contributed by atoms with van der Waals surface area (Å²) in [6, 6.07) is 12.2. The maximum absolute atomic E-state index is 13.0. The van der Waals surface area contributed by atoms with Crippen molar-refractivity contribution in [2.75, 3.05) is 0 Å². The third kappa shape index (κ3) is 2.47. The lowest BCUT2D eigenvalue weighted by Crippen LogP contribution is -2.15. The zero-order chi connectivity index (χ0) is 15.2. The molecule has 3 rings (SSSR count). The molecule has 1 aliphatic carbocycles. The molecule has 0 radical (unpaired) electrons. The molecule has 1 saturated carbocycles. The third-order valence-electron chi connectivity index (χ3n) is 3.97. The summed E-state index contributed by atoms with van der Waals surface area (Å²) in [5, 5.41) is -0.634. The molecular weight excluding hydrogens is 289 g/mol. The normalized spacial score (nSPS) is 24.8. The lowest BCUT2D eigenvalue weighted by Gasteiger charge is -2.04. The first-order chi connectivity index (χ1) is 9.91. The van der Waals surface area contributed by atoms with Crippen LogP contribution in [0.1, 0.15) is 17.0 Å². The fourth-order valence-corrected chi connectivity index (χ4v) is 4.73. The molecule has 2 aromatic carbocycles. The van der Waals surface area contributed by atoms with E-state index in [1.54, 1.807) is 36.4 Å². The molecule has 0 bridgehead atoms. The van der Waals surface area contributed by atoms with E-state index in [4.69, 9.17) is 5.73 Å². The molecule has 2 aromatic rings. The molecule has 0 aliphatic heterocycles. The van der Waals surface area contributed by atoms with Gasteiger partial charge in [-0.25, -0.2) is 12.8 Å². The Hall–Kier alpha value is -1.72. The Balaban J connectivity index is 1.91. The summed E-state index contributed by atoms with van der Waals surface area (Å²) in [5.74, 6) is -0.609. The average Bonchev–Trinajstić information content (AvgIpc) is 3.12. The molecule has 1 aliphatic rings. The van der Waals surface area contributed by atoms with Crippen LogP contribution in [0.5, 0.6) is 0 Å². The van der Waals surface area contributed by atoms with Crippen LogP contribution in [0.4, 0.5) is 4.39 Å². The Bertz CT molecular complexity index is 754. The van der Waals surface area contributed by atoms with Gasteiger partial charge in [-0.2, -0.15) is 0 Å². The molecule has 110 valence electrons. The number of halogens is 1. The van der Waals surface area contributed by atoms with Crippen LogP contribution >= 0.6 is 0 Å². The van der Waals surface area contributed by atoms with E-state index in [9.17, 15) is 12.8 Å². The number of hydrogen-bond acceptors (Lipinski definition) is 3. The number of sulfone groups is 1. The van der Waals surface area contributed by atoms with Crippen LogP contribution in [0.3, 0.4) is 0 Å². The number of hydrogen-bond donors (Lipinski definition) is 1. The highest BCUT2D eigenvalue weighted by atomic mass is 32.2. The average molecular weight is 305 g/mol. The van der Waals surface area contributed by atoms with E-state index < -0.39 is 21.1 Å². The predicted octanol–water partition coefficient (Wildman–Crippen LogP) is 2.40. The highest BCUT2D eigenvalue weighted by Crippen LogP contribution is 2.47. The summed E-state index contributed by atoms with van der Waals surface area (Å²) in [4.78, 5) is 0.290. The molecule has 2 N–H and O–H groups in total. The van der Waals surface area contributed by atoms with Crippen LogP contribution in [-0.4, -0.2) is 19.7 Å². The van der Waals surface area contributed by atoms with Crippen molar-refractivity contribution in [1.82, 2.24) is 0 Å². The SMILES string of the molecule is Cc1ccc(S(=O)(=O)[C@@H]2[C@H](N)[C@H]2c2ccc(F)cc2)cc1. The molecule has 0 spiro atoms. The summed E-state index contributed by atoms with van der Waals surface area (Å²) in [5.41, 5.74) is 7.73. The first-order valence-corrected chi connectivity index (χ1v) is 8.27.